The molecular weight excluding hydrogens is 290 g/mol. The summed E-state index contributed by atoms with van der Waals surface area (Å²) >= 11 is 1.04. The zero-order chi connectivity index (χ0) is 14.4. The van der Waals surface area contributed by atoms with Crippen LogP contribution in [0.25, 0.3) is 0 Å². The van der Waals surface area contributed by atoms with Gasteiger partial charge in [-0.15, -0.1) is 11.3 Å². The van der Waals surface area contributed by atoms with E-state index in [2.05, 4.69) is 15.6 Å². The molecule has 1 rings (SSSR count). The molecule has 0 saturated heterocycles. The monoisotopic (exact) mass is 305 g/mol. The Hall–Kier alpha value is -1.48. The van der Waals surface area contributed by atoms with Crippen molar-refractivity contribution in [1.29, 1.82) is 0 Å². The molecule has 106 valence electrons. The van der Waals surface area contributed by atoms with Gasteiger partial charge in [0.05, 0.1) is 12.2 Å². The maximum Gasteiger partial charge on any atom is 0.347 e. The van der Waals surface area contributed by atoms with Gasteiger partial charge in [-0.3, -0.25) is 4.21 Å². The summed E-state index contributed by atoms with van der Waals surface area (Å²) in [6, 6.07) is -0.393. The Kier molecular flexibility index (Phi) is 5.90. The smallest absolute Gasteiger partial charge is 0.347 e. The van der Waals surface area contributed by atoms with Gasteiger partial charge in [0, 0.05) is 29.4 Å². The molecule has 1 aromatic heterocycles. The number of thiazole rings is 1. The van der Waals surface area contributed by atoms with Crippen LogP contribution in [0.4, 0.5) is 4.79 Å². The van der Waals surface area contributed by atoms with Crippen LogP contribution in [0.3, 0.4) is 0 Å². The largest absolute Gasteiger partial charge is 0.477 e. The number of carboxylic acids is 1. The van der Waals surface area contributed by atoms with Gasteiger partial charge >= 0.3 is 12.0 Å². The van der Waals surface area contributed by atoms with Crippen LogP contribution in [0.1, 0.15) is 20.4 Å². The first-order valence-electron chi connectivity index (χ1n) is 5.41. The summed E-state index contributed by atoms with van der Waals surface area (Å²) in [5.41, 5.74) is 0.441. The fraction of sp³-hybridized carbons (Fsp3) is 0.500. The van der Waals surface area contributed by atoms with Crippen LogP contribution in [0.5, 0.6) is 0 Å². The second-order valence-electron chi connectivity index (χ2n) is 3.71. The number of amides is 2. The Balaban J connectivity index is 2.40. The van der Waals surface area contributed by atoms with Crippen molar-refractivity contribution in [2.75, 3.05) is 18.6 Å². The van der Waals surface area contributed by atoms with E-state index >= 15 is 0 Å². The minimum Gasteiger partial charge on any atom is -0.477 e. The predicted octanol–water partition coefficient (Wildman–Crippen LogP) is 0.327. The summed E-state index contributed by atoms with van der Waals surface area (Å²) in [7, 11) is -0.945. The standard InChI is InChI=1S/C10H15N3O4S2/c1-6-8(9(14)15)18-7(13-6)5-12-10(16)11-3-4-19(2)17/h3-5H2,1-2H3,(H,14,15)(H2,11,12,16). The molecule has 0 saturated carbocycles. The summed E-state index contributed by atoms with van der Waals surface area (Å²) in [6.45, 7) is 2.10. The minimum absolute atomic E-state index is 0.167. The molecule has 0 radical (unpaired) electrons. The van der Waals surface area contributed by atoms with E-state index in [9.17, 15) is 13.8 Å². The maximum absolute atomic E-state index is 11.4. The quantitative estimate of drug-likeness (QED) is 0.702. The lowest BCUT2D eigenvalue weighted by molar-refractivity contribution is 0.0701. The highest BCUT2D eigenvalue weighted by Gasteiger charge is 2.14. The molecule has 1 atom stereocenters. The fourth-order valence-electron chi connectivity index (χ4n) is 1.25. The van der Waals surface area contributed by atoms with Gasteiger partial charge in [0.15, 0.2) is 0 Å². The van der Waals surface area contributed by atoms with Crippen LogP contribution >= 0.6 is 11.3 Å². The van der Waals surface area contributed by atoms with E-state index in [0.29, 0.717) is 23.0 Å². The Bertz CT molecular complexity index is 501. The van der Waals surface area contributed by atoms with Crippen LogP contribution in [0.2, 0.25) is 0 Å². The molecular formula is C10H15N3O4S2. The molecule has 0 aliphatic carbocycles. The van der Waals surface area contributed by atoms with Gasteiger partial charge in [0.25, 0.3) is 0 Å². The first-order valence-corrected chi connectivity index (χ1v) is 7.96. The molecule has 2 amide bonds. The molecule has 0 aliphatic heterocycles. The molecule has 0 spiro atoms. The molecule has 0 bridgehead atoms. The van der Waals surface area contributed by atoms with Crippen molar-refractivity contribution in [1.82, 2.24) is 15.6 Å². The normalized spacial score (nSPS) is 11.9. The second kappa shape index (κ2) is 7.19. The Labute approximate surface area is 116 Å². The van der Waals surface area contributed by atoms with E-state index in [1.165, 1.54) is 0 Å². The zero-order valence-electron chi connectivity index (χ0n) is 10.6. The molecule has 1 unspecified atom stereocenters. The zero-order valence-corrected chi connectivity index (χ0v) is 12.2. The summed E-state index contributed by atoms with van der Waals surface area (Å²) in [6.07, 6.45) is 1.56. The SMILES string of the molecule is Cc1nc(CNC(=O)NCCS(C)=O)sc1C(=O)O. The maximum atomic E-state index is 11.4. The lowest BCUT2D eigenvalue weighted by Crippen LogP contribution is -2.37. The molecule has 9 heteroatoms. The van der Waals surface area contributed by atoms with Gasteiger partial charge in [-0.25, -0.2) is 14.6 Å². The first kappa shape index (κ1) is 15.6. The van der Waals surface area contributed by atoms with Gasteiger partial charge in [-0.05, 0) is 6.92 Å². The van der Waals surface area contributed by atoms with Gasteiger partial charge in [0.1, 0.15) is 9.88 Å². The average molecular weight is 305 g/mol. The molecule has 1 heterocycles. The number of rotatable bonds is 6. The van der Waals surface area contributed by atoms with E-state index in [4.69, 9.17) is 5.11 Å². The van der Waals surface area contributed by atoms with Crippen LogP contribution in [-0.4, -0.2) is 44.9 Å². The van der Waals surface area contributed by atoms with Gasteiger partial charge in [0.2, 0.25) is 0 Å². The van der Waals surface area contributed by atoms with Crippen LogP contribution in [-0.2, 0) is 17.3 Å². The van der Waals surface area contributed by atoms with Crippen molar-refractivity contribution >= 4 is 34.1 Å². The fourth-order valence-corrected chi connectivity index (χ4v) is 2.49. The number of hydrogen-bond acceptors (Lipinski definition) is 5. The highest BCUT2D eigenvalue weighted by Crippen LogP contribution is 2.17. The lowest BCUT2D eigenvalue weighted by atomic mass is 10.4. The van der Waals surface area contributed by atoms with Gasteiger partial charge in [-0.2, -0.15) is 0 Å². The Morgan fingerprint density at radius 3 is 2.63 bits per heavy atom. The summed E-state index contributed by atoms with van der Waals surface area (Å²) in [5.74, 6) is -0.622. The third kappa shape index (κ3) is 5.35. The van der Waals surface area contributed by atoms with E-state index in [-0.39, 0.29) is 11.4 Å². The lowest BCUT2D eigenvalue weighted by Gasteiger charge is -2.04. The number of aryl methyl sites for hydroxylation is 1. The van der Waals surface area contributed by atoms with Crippen molar-refractivity contribution in [2.45, 2.75) is 13.5 Å². The number of urea groups is 1. The second-order valence-corrected chi connectivity index (χ2v) is 6.35. The molecule has 0 aliphatic rings. The van der Waals surface area contributed by atoms with Crippen LogP contribution in [0, 0.1) is 6.92 Å². The van der Waals surface area contributed by atoms with Crippen molar-refractivity contribution in [2.24, 2.45) is 0 Å². The topological polar surface area (TPSA) is 108 Å². The molecule has 1 aromatic rings. The third-order valence-corrected chi connectivity index (χ3v) is 4.03. The number of hydrogen-bond donors (Lipinski definition) is 3. The van der Waals surface area contributed by atoms with E-state index in [0.717, 1.165) is 11.3 Å². The highest BCUT2D eigenvalue weighted by atomic mass is 32.2. The summed E-state index contributed by atoms with van der Waals surface area (Å²) < 4.78 is 10.8. The Morgan fingerprint density at radius 2 is 2.11 bits per heavy atom. The average Bonchev–Trinajstić information content (AvgIpc) is 2.67. The number of aromatic nitrogens is 1. The summed E-state index contributed by atoms with van der Waals surface area (Å²) in [4.78, 5) is 26.4. The van der Waals surface area contributed by atoms with Gasteiger partial charge < -0.3 is 15.7 Å². The number of aromatic carboxylic acids is 1. The molecule has 7 nitrogen and oxygen atoms in total. The first-order chi connectivity index (χ1) is 8.90. The number of nitrogens with zero attached hydrogens (tertiary/aromatic N) is 1. The van der Waals surface area contributed by atoms with Gasteiger partial charge in [-0.1, -0.05) is 0 Å². The van der Waals surface area contributed by atoms with Crippen molar-refractivity contribution in [3.05, 3.63) is 15.6 Å². The predicted molar refractivity (Wildman–Crippen MR) is 73.0 cm³/mol. The molecule has 19 heavy (non-hydrogen) atoms. The summed E-state index contributed by atoms with van der Waals surface area (Å²) in [5, 5.41) is 14.5. The highest BCUT2D eigenvalue weighted by molar-refractivity contribution is 7.84. The molecule has 3 N–H and O–H groups in total. The minimum atomic E-state index is -1.02. The van der Waals surface area contributed by atoms with Crippen molar-refractivity contribution < 1.29 is 18.9 Å². The van der Waals surface area contributed by atoms with E-state index in [1.54, 1.807) is 13.2 Å². The molecule has 0 aromatic carbocycles. The van der Waals surface area contributed by atoms with Crippen LogP contribution < -0.4 is 10.6 Å². The molecule has 0 fully saturated rings. The number of nitrogens with one attached hydrogen (secondary N) is 2. The Morgan fingerprint density at radius 1 is 1.42 bits per heavy atom. The number of carboxylic acid groups (broad SMARTS) is 1. The van der Waals surface area contributed by atoms with E-state index in [1.807, 2.05) is 0 Å². The number of carbonyl (C=O) groups is 2. The van der Waals surface area contributed by atoms with E-state index < -0.39 is 22.8 Å². The number of carbonyl (C=O) groups excluding carboxylic acids is 1. The van der Waals surface area contributed by atoms with Crippen LogP contribution in [0.15, 0.2) is 0 Å². The van der Waals surface area contributed by atoms with Crippen molar-refractivity contribution in [3.8, 4) is 0 Å². The van der Waals surface area contributed by atoms with Crippen molar-refractivity contribution in [3.63, 3.8) is 0 Å². The third-order valence-electron chi connectivity index (χ3n) is 2.11.